The summed E-state index contributed by atoms with van der Waals surface area (Å²) in [7, 11) is 0. The SMILES string of the molecule is c1ccc(-c2ccc3ccc4ccc(-c5ccc(-c6ccc7c8cc9c(-c%10ccccc%10)nc%10ccccc%10c9cc8n(-c8ccccc8)c7c6)cc5)nc4c3n2)cc1. The minimum absolute atomic E-state index is 0.911. The molecule has 0 unspecified atom stereocenters. The summed E-state index contributed by atoms with van der Waals surface area (Å²) in [5.74, 6) is 0. The maximum Gasteiger partial charge on any atom is 0.0972 e. The zero-order valence-corrected chi connectivity index (χ0v) is 31.9. The molecule has 274 valence electrons. The molecule has 12 aromatic rings. The second-order valence-corrected chi connectivity index (χ2v) is 15.2. The first-order valence-corrected chi connectivity index (χ1v) is 20.0. The molecule has 4 nitrogen and oxygen atoms in total. The number of benzene rings is 8. The number of para-hydroxylation sites is 2. The third-order valence-corrected chi connectivity index (χ3v) is 11.8. The molecule has 0 aliphatic rings. The zero-order chi connectivity index (χ0) is 38.9. The van der Waals surface area contributed by atoms with E-state index in [9.17, 15) is 0 Å². The van der Waals surface area contributed by atoms with Gasteiger partial charge in [-0.25, -0.2) is 15.0 Å². The highest BCUT2D eigenvalue weighted by Gasteiger charge is 2.18. The number of hydrogen-bond acceptors (Lipinski definition) is 3. The molecule has 0 saturated heterocycles. The van der Waals surface area contributed by atoms with E-state index in [1.807, 2.05) is 18.2 Å². The van der Waals surface area contributed by atoms with E-state index in [0.29, 0.717) is 0 Å². The van der Waals surface area contributed by atoms with Crippen molar-refractivity contribution in [1.29, 1.82) is 0 Å². The van der Waals surface area contributed by atoms with Crippen molar-refractivity contribution in [2.24, 2.45) is 0 Å². The Balaban J connectivity index is 0.997. The molecular formula is C55H34N4. The summed E-state index contributed by atoms with van der Waals surface area (Å²) in [6.45, 7) is 0. The van der Waals surface area contributed by atoms with Gasteiger partial charge < -0.3 is 4.57 Å². The molecular weight excluding hydrogens is 717 g/mol. The van der Waals surface area contributed by atoms with Crippen LogP contribution >= 0.6 is 0 Å². The summed E-state index contributed by atoms with van der Waals surface area (Å²) in [5.41, 5.74) is 14.7. The van der Waals surface area contributed by atoms with Crippen molar-refractivity contribution in [2.75, 3.05) is 0 Å². The smallest absolute Gasteiger partial charge is 0.0972 e. The van der Waals surface area contributed by atoms with Crippen LogP contribution in [0.5, 0.6) is 0 Å². The van der Waals surface area contributed by atoms with Crippen LogP contribution in [0.3, 0.4) is 0 Å². The number of fused-ring (bicyclic) bond motifs is 9. The van der Waals surface area contributed by atoms with Crippen LogP contribution < -0.4 is 0 Å². The van der Waals surface area contributed by atoms with Crippen LogP contribution in [0, 0.1) is 0 Å². The predicted octanol–water partition coefficient (Wildman–Crippen LogP) is 14.2. The Morgan fingerprint density at radius 2 is 0.847 bits per heavy atom. The van der Waals surface area contributed by atoms with E-state index in [1.54, 1.807) is 0 Å². The quantitative estimate of drug-likeness (QED) is 0.165. The van der Waals surface area contributed by atoms with Crippen molar-refractivity contribution in [2.45, 2.75) is 0 Å². The van der Waals surface area contributed by atoms with E-state index in [4.69, 9.17) is 15.0 Å². The summed E-state index contributed by atoms with van der Waals surface area (Å²) >= 11 is 0. The predicted molar refractivity (Wildman–Crippen MR) is 246 cm³/mol. The van der Waals surface area contributed by atoms with Crippen molar-refractivity contribution in [1.82, 2.24) is 19.5 Å². The molecule has 0 spiro atoms. The summed E-state index contributed by atoms with van der Waals surface area (Å²) in [4.78, 5) is 15.6. The molecule has 0 amide bonds. The van der Waals surface area contributed by atoms with E-state index in [-0.39, 0.29) is 0 Å². The van der Waals surface area contributed by atoms with Crippen LogP contribution in [0.2, 0.25) is 0 Å². The van der Waals surface area contributed by atoms with Crippen LogP contribution in [-0.4, -0.2) is 19.5 Å². The molecule has 0 saturated carbocycles. The number of hydrogen-bond donors (Lipinski definition) is 0. The fourth-order valence-corrected chi connectivity index (χ4v) is 8.84. The minimum atomic E-state index is 0.911. The number of pyridine rings is 3. The van der Waals surface area contributed by atoms with Crippen molar-refractivity contribution < 1.29 is 0 Å². The largest absolute Gasteiger partial charge is 0.309 e. The number of nitrogens with zero attached hydrogens (tertiary/aromatic N) is 4. The van der Waals surface area contributed by atoms with E-state index >= 15 is 0 Å². The van der Waals surface area contributed by atoms with Gasteiger partial charge in [-0.2, -0.15) is 0 Å². The average molecular weight is 751 g/mol. The Labute approximate surface area is 340 Å². The van der Waals surface area contributed by atoms with Gasteiger partial charge in [-0.1, -0.05) is 158 Å². The molecule has 0 aliphatic carbocycles. The molecule has 0 radical (unpaired) electrons. The Kier molecular flexibility index (Phi) is 7.50. The molecule has 0 bridgehead atoms. The lowest BCUT2D eigenvalue weighted by atomic mass is 9.97. The van der Waals surface area contributed by atoms with Gasteiger partial charge in [-0.05, 0) is 65.0 Å². The van der Waals surface area contributed by atoms with Gasteiger partial charge in [0.2, 0.25) is 0 Å². The lowest BCUT2D eigenvalue weighted by Crippen LogP contribution is -1.94. The Bertz CT molecular complexity index is 3580. The molecule has 0 atom stereocenters. The molecule has 0 aliphatic heterocycles. The second kappa shape index (κ2) is 13.3. The van der Waals surface area contributed by atoms with Crippen molar-refractivity contribution >= 4 is 65.3 Å². The highest BCUT2D eigenvalue weighted by atomic mass is 15.0. The van der Waals surface area contributed by atoms with E-state index < -0.39 is 0 Å². The van der Waals surface area contributed by atoms with Gasteiger partial charge in [0.15, 0.2) is 0 Å². The first-order valence-electron chi connectivity index (χ1n) is 20.0. The van der Waals surface area contributed by atoms with Crippen molar-refractivity contribution in [3.8, 4) is 50.6 Å². The first kappa shape index (κ1) is 33.2. The maximum atomic E-state index is 5.24. The molecule has 4 aromatic heterocycles. The molecule has 59 heavy (non-hydrogen) atoms. The monoisotopic (exact) mass is 750 g/mol. The van der Waals surface area contributed by atoms with Gasteiger partial charge in [0, 0.05) is 54.7 Å². The van der Waals surface area contributed by atoms with Crippen molar-refractivity contribution in [3.05, 3.63) is 206 Å². The average Bonchev–Trinajstić information content (AvgIpc) is 3.63. The normalized spacial score (nSPS) is 11.7. The molecule has 0 N–H and O–H groups in total. The summed E-state index contributed by atoms with van der Waals surface area (Å²) < 4.78 is 2.42. The molecule has 12 rings (SSSR count). The third-order valence-electron chi connectivity index (χ3n) is 11.8. The van der Waals surface area contributed by atoms with Gasteiger partial charge in [0.1, 0.15) is 0 Å². The van der Waals surface area contributed by atoms with Gasteiger partial charge in [0.05, 0.1) is 44.7 Å². The number of aromatic nitrogens is 4. The van der Waals surface area contributed by atoms with Crippen LogP contribution in [0.1, 0.15) is 0 Å². The molecule has 4 heteroatoms. The highest BCUT2D eigenvalue weighted by Crippen LogP contribution is 2.41. The number of rotatable bonds is 5. The zero-order valence-electron chi connectivity index (χ0n) is 31.9. The maximum absolute atomic E-state index is 5.24. The Morgan fingerprint density at radius 1 is 0.305 bits per heavy atom. The van der Waals surface area contributed by atoms with Crippen LogP contribution in [0.15, 0.2) is 206 Å². The Hall–Kier alpha value is -7.95. The van der Waals surface area contributed by atoms with Gasteiger partial charge in [-0.3, -0.25) is 0 Å². The Morgan fingerprint density at radius 3 is 1.54 bits per heavy atom. The summed E-state index contributed by atoms with van der Waals surface area (Å²) in [5, 5.41) is 8.05. The standard InChI is InChI=1S/C55H34N4/c1-4-12-36(13-5-1)48-30-27-39-24-25-40-28-31-49(57-55(40)54(39)56-48)37-22-20-35(21-23-37)41-26-29-44-46-33-47-45(34-52(46)59(51(44)32-41)42-16-8-3-9-17-42)43-18-10-11-19-50(43)58-53(47)38-14-6-2-7-15-38/h1-34H. The molecule has 4 heterocycles. The third kappa shape index (κ3) is 5.49. The topological polar surface area (TPSA) is 43.6 Å². The lowest BCUT2D eigenvalue weighted by molar-refractivity contribution is 1.18. The van der Waals surface area contributed by atoms with E-state index in [0.717, 1.165) is 94.2 Å². The van der Waals surface area contributed by atoms with Crippen LogP contribution in [0.25, 0.3) is 116 Å². The molecule has 0 fully saturated rings. The lowest BCUT2D eigenvalue weighted by Gasteiger charge is -2.12. The van der Waals surface area contributed by atoms with E-state index in [1.165, 1.54) is 21.7 Å². The van der Waals surface area contributed by atoms with Crippen LogP contribution in [-0.2, 0) is 0 Å². The van der Waals surface area contributed by atoms with Gasteiger partial charge in [-0.15, -0.1) is 0 Å². The highest BCUT2D eigenvalue weighted by molar-refractivity contribution is 6.20. The first-order chi connectivity index (χ1) is 29.2. The van der Waals surface area contributed by atoms with Gasteiger partial charge >= 0.3 is 0 Å². The van der Waals surface area contributed by atoms with Crippen LogP contribution in [0.4, 0.5) is 0 Å². The molecule has 8 aromatic carbocycles. The fourth-order valence-electron chi connectivity index (χ4n) is 8.84. The minimum Gasteiger partial charge on any atom is -0.309 e. The fraction of sp³-hybridized carbons (Fsp3) is 0. The van der Waals surface area contributed by atoms with Gasteiger partial charge in [0.25, 0.3) is 0 Å². The van der Waals surface area contributed by atoms with Crippen molar-refractivity contribution in [3.63, 3.8) is 0 Å². The summed E-state index contributed by atoms with van der Waals surface area (Å²) in [6.07, 6.45) is 0. The summed E-state index contributed by atoms with van der Waals surface area (Å²) in [6, 6.07) is 73.3. The second-order valence-electron chi connectivity index (χ2n) is 15.2. The van der Waals surface area contributed by atoms with E-state index in [2.05, 4.69) is 193 Å².